The Morgan fingerprint density at radius 2 is 1.96 bits per heavy atom. The van der Waals surface area contributed by atoms with E-state index in [2.05, 4.69) is 15.2 Å². The number of para-hydroxylation sites is 2. The minimum atomic E-state index is -0.253. The fraction of sp³-hybridized carbons (Fsp3) is 0.500. The summed E-state index contributed by atoms with van der Waals surface area (Å²) in [5.41, 5.74) is 1.15. The number of carbonyl (C=O) groups excluding carboxylic acids is 1. The second-order valence-corrected chi connectivity index (χ2v) is 6.28. The fourth-order valence-corrected chi connectivity index (χ4v) is 3.19. The number of nitrogens with zero attached hydrogens (tertiary/aromatic N) is 3. The summed E-state index contributed by atoms with van der Waals surface area (Å²) >= 11 is 0. The quantitative estimate of drug-likeness (QED) is 0.814. The molecule has 1 aromatic heterocycles. The van der Waals surface area contributed by atoms with Gasteiger partial charge < -0.3 is 10.2 Å². The summed E-state index contributed by atoms with van der Waals surface area (Å²) in [5, 5.41) is 2.92. The summed E-state index contributed by atoms with van der Waals surface area (Å²) in [6.07, 6.45) is 6.11. The van der Waals surface area contributed by atoms with Crippen LogP contribution in [0, 0.1) is 0 Å². The molecular weight excluding hydrogens is 304 g/mol. The molecular formula is C18H24N4O2. The van der Waals surface area contributed by atoms with Gasteiger partial charge in [0, 0.05) is 6.54 Å². The van der Waals surface area contributed by atoms with Gasteiger partial charge in [-0.3, -0.25) is 14.2 Å². The Bertz CT molecular complexity index is 750. The minimum Gasteiger partial charge on any atom is -0.355 e. The van der Waals surface area contributed by atoms with E-state index in [4.69, 9.17) is 0 Å². The van der Waals surface area contributed by atoms with E-state index in [1.807, 2.05) is 24.3 Å². The lowest BCUT2D eigenvalue weighted by Crippen LogP contribution is -2.35. The van der Waals surface area contributed by atoms with Gasteiger partial charge in [-0.2, -0.15) is 0 Å². The van der Waals surface area contributed by atoms with E-state index in [9.17, 15) is 9.59 Å². The van der Waals surface area contributed by atoms with Crippen LogP contribution in [0.2, 0.25) is 0 Å². The molecule has 1 aromatic carbocycles. The zero-order valence-electron chi connectivity index (χ0n) is 13.9. The van der Waals surface area contributed by atoms with E-state index in [0.717, 1.165) is 18.5 Å². The van der Waals surface area contributed by atoms with E-state index >= 15 is 0 Å². The largest absolute Gasteiger partial charge is 0.355 e. The van der Waals surface area contributed by atoms with Crippen molar-refractivity contribution < 1.29 is 4.79 Å². The highest BCUT2D eigenvalue weighted by Gasteiger charge is 2.10. The third-order valence-corrected chi connectivity index (χ3v) is 4.48. The molecule has 6 heteroatoms. The van der Waals surface area contributed by atoms with Crippen LogP contribution in [-0.4, -0.2) is 46.5 Å². The highest BCUT2D eigenvalue weighted by molar-refractivity contribution is 5.79. The number of hydrogen-bond acceptors (Lipinski definition) is 4. The number of piperidine rings is 1. The molecule has 2 aromatic rings. The molecule has 1 amide bonds. The molecule has 0 aliphatic carbocycles. The van der Waals surface area contributed by atoms with Crippen LogP contribution >= 0.6 is 0 Å². The smallest absolute Gasteiger partial charge is 0.269 e. The summed E-state index contributed by atoms with van der Waals surface area (Å²) in [4.78, 5) is 30.7. The number of amides is 1. The van der Waals surface area contributed by atoms with Crippen molar-refractivity contribution in [2.75, 3.05) is 26.2 Å². The molecule has 1 aliphatic heterocycles. The third-order valence-electron chi connectivity index (χ3n) is 4.48. The van der Waals surface area contributed by atoms with Gasteiger partial charge in [0.2, 0.25) is 5.91 Å². The zero-order valence-corrected chi connectivity index (χ0v) is 13.9. The predicted octanol–water partition coefficient (Wildman–Crippen LogP) is 1.39. The molecule has 128 valence electrons. The van der Waals surface area contributed by atoms with Crippen LogP contribution in [0.3, 0.4) is 0 Å². The van der Waals surface area contributed by atoms with Gasteiger partial charge in [-0.15, -0.1) is 0 Å². The molecule has 3 rings (SSSR count). The minimum absolute atomic E-state index is 0.0333. The Morgan fingerprint density at radius 1 is 1.17 bits per heavy atom. The molecule has 0 unspecified atom stereocenters. The topological polar surface area (TPSA) is 67.2 Å². The predicted molar refractivity (Wildman–Crippen MR) is 93.9 cm³/mol. The maximum Gasteiger partial charge on any atom is 0.269 e. The summed E-state index contributed by atoms with van der Waals surface area (Å²) < 4.78 is 1.47. The van der Waals surface area contributed by atoms with Gasteiger partial charge in [0.15, 0.2) is 0 Å². The molecule has 0 bridgehead atoms. The highest BCUT2D eigenvalue weighted by Crippen LogP contribution is 2.09. The summed E-state index contributed by atoms with van der Waals surface area (Å²) in [6.45, 7) is 4.05. The van der Waals surface area contributed by atoms with Crippen molar-refractivity contribution in [1.82, 2.24) is 19.8 Å². The molecule has 1 aliphatic rings. The molecule has 1 fully saturated rings. The molecule has 1 saturated heterocycles. The average Bonchev–Trinajstić information content (AvgIpc) is 2.62. The lowest BCUT2D eigenvalue weighted by Gasteiger charge is -2.26. The van der Waals surface area contributed by atoms with Gasteiger partial charge in [0.05, 0.1) is 17.2 Å². The van der Waals surface area contributed by atoms with Crippen molar-refractivity contribution in [1.29, 1.82) is 0 Å². The summed E-state index contributed by atoms with van der Waals surface area (Å²) in [5.74, 6) is -0.132. The number of aromatic nitrogens is 2. The van der Waals surface area contributed by atoms with E-state index < -0.39 is 0 Å². The van der Waals surface area contributed by atoms with Gasteiger partial charge in [-0.1, -0.05) is 18.6 Å². The zero-order chi connectivity index (χ0) is 16.8. The summed E-state index contributed by atoms with van der Waals surface area (Å²) in [7, 11) is 0. The summed E-state index contributed by atoms with van der Waals surface area (Å²) in [6, 6.07) is 7.36. The SMILES string of the molecule is O=C(Cn1c(=O)cnc2ccccc21)NCCCN1CCCCC1. The Morgan fingerprint density at radius 3 is 2.79 bits per heavy atom. The lowest BCUT2D eigenvalue weighted by molar-refractivity contribution is -0.121. The van der Waals surface area contributed by atoms with Gasteiger partial charge >= 0.3 is 0 Å². The van der Waals surface area contributed by atoms with Gasteiger partial charge in [0.25, 0.3) is 5.56 Å². The Balaban J connectivity index is 1.52. The molecule has 6 nitrogen and oxygen atoms in total. The first-order valence-electron chi connectivity index (χ1n) is 8.68. The van der Waals surface area contributed by atoms with Crippen molar-refractivity contribution in [2.45, 2.75) is 32.2 Å². The number of carbonyl (C=O) groups is 1. The Labute approximate surface area is 141 Å². The number of nitrogens with one attached hydrogen (secondary N) is 1. The first-order valence-corrected chi connectivity index (χ1v) is 8.68. The number of rotatable bonds is 6. The third kappa shape index (κ3) is 4.20. The number of hydrogen-bond donors (Lipinski definition) is 1. The van der Waals surface area contributed by atoms with E-state index in [1.165, 1.54) is 43.1 Å². The molecule has 0 atom stereocenters. The second kappa shape index (κ2) is 8.06. The highest BCUT2D eigenvalue weighted by atomic mass is 16.2. The van der Waals surface area contributed by atoms with Crippen LogP contribution < -0.4 is 10.9 Å². The van der Waals surface area contributed by atoms with Crippen LogP contribution in [-0.2, 0) is 11.3 Å². The van der Waals surface area contributed by atoms with Gasteiger partial charge in [-0.25, -0.2) is 4.98 Å². The van der Waals surface area contributed by atoms with Crippen LogP contribution in [0.1, 0.15) is 25.7 Å². The van der Waals surface area contributed by atoms with Crippen LogP contribution in [0.5, 0.6) is 0 Å². The first kappa shape index (κ1) is 16.6. The normalized spacial score (nSPS) is 15.5. The molecule has 0 spiro atoms. The molecule has 0 radical (unpaired) electrons. The molecule has 2 heterocycles. The van der Waals surface area contributed by atoms with E-state index in [-0.39, 0.29) is 18.0 Å². The Kier molecular flexibility index (Phi) is 5.59. The van der Waals surface area contributed by atoms with Crippen LogP contribution in [0.25, 0.3) is 11.0 Å². The van der Waals surface area contributed by atoms with E-state index in [1.54, 1.807) is 0 Å². The molecule has 24 heavy (non-hydrogen) atoms. The first-order chi connectivity index (χ1) is 11.7. The second-order valence-electron chi connectivity index (χ2n) is 6.28. The monoisotopic (exact) mass is 328 g/mol. The molecule has 1 N–H and O–H groups in total. The maximum absolute atomic E-state index is 12.2. The van der Waals surface area contributed by atoms with Gasteiger partial charge in [-0.05, 0) is 51.0 Å². The van der Waals surface area contributed by atoms with Crippen molar-refractivity contribution in [3.05, 3.63) is 40.8 Å². The van der Waals surface area contributed by atoms with E-state index in [0.29, 0.717) is 12.1 Å². The van der Waals surface area contributed by atoms with Crippen molar-refractivity contribution >= 4 is 16.9 Å². The molecule has 0 saturated carbocycles. The lowest BCUT2D eigenvalue weighted by atomic mass is 10.1. The average molecular weight is 328 g/mol. The van der Waals surface area contributed by atoms with Crippen molar-refractivity contribution in [2.24, 2.45) is 0 Å². The van der Waals surface area contributed by atoms with Crippen molar-refractivity contribution in [3.63, 3.8) is 0 Å². The Hall–Kier alpha value is -2.21. The fourth-order valence-electron chi connectivity index (χ4n) is 3.19. The van der Waals surface area contributed by atoms with Crippen molar-refractivity contribution in [3.8, 4) is 0 Å². The number of benzene rings is 1. The number of likely N-dealkylation sites (tertiary alicyclic amines) is 1. The van der Waals surface area contributed by atoms with Crippen LogP contribution in [0.4, 0.5) is 0 Å². The number of fused-ring (bicyclic) bond motifs is 1. The van der Waals surface area contributed by atoms with Crippen LogP contribution in [0.15, 0.2) is 35.3 Å². The van der Waals surface area contributed by atoms with Gasteiger partial charge in [0.1, 0.15) is 6.54 Å². The standard InChI is InChI=1S/C18H24N4O2/c23-17(19-9-6-12-21-10-4-1-5-11-21)14-22-16-8-3-2-7-15(16)20-13-18(22)24/h2-3,7-8,13H,1,4-6,9-12,14H2,(H,19,23). The maximum atomic E-state index is 12.2.